The average Bonchev–Trinajstić information content (AvgIpc) is 1.88. The Morgan fingerprint density at radius 3 is 2.40 bits per heavy atom. The average molecular weight is 149 g/mol. The molecule has 0 radical (unpaired) electrons. The van der Waals surface area contributed by atoms with Gasteiger partial charge in [-0.2, -0.15) is 0 Å². The second-order valence-electron chi connectivity index (χ2n) is 2.24. The fourth-order valence-electron chi connectivity index (χ4n) is 0.740. The predicted molar refractivity (Wildman–Crippen MR) is 35.6 cm³/mol. The largest absolute Gasteiger partial charge is 0.480 e. The Morgan fingerprint density at radius 1 is 1.80 bits per heavy atom. The number of aliphatic carboxylic acids is 1. The highest BCUT2D eigenvalue weighted by Crippen LogP contribution is 2.02. The summed E-state index contributed by atoms with van der Waals surface area (Å²) in [6.45, 7) is 0.938. The summed E-state index contributed by atoms with van der Waals surface area (Å²) in [7, 11) is 1.50. The van der Waals surface area contributed by atoms with Crippen molar-refractivity contribution in [2.75, 3.05) is 13.7 Å². The first-order chi connectivity index (χ1) is 4.63. The standard InChI is InChI=1S/C6H12FNO2/c1-4(3-7)5(8-2)6(9)10/h4-5,8H,3H2,1-2H3,(H,9,10). The van der Waals surface area contributed by atoms with Crippen LogP contribution < -0.4 is 5.32 Å². The topological polar surface area (TPSA) is 49.3 Å². The Labute approximate surface area is 59.2 Å². The quantitative estimate of drug-likeness (QED) is 0.603. The van der Waals surface area contributed by atoms with Gasteiger partial charge in [-0.3, -0.25) is 9.18 Å². The van der Waals surface area contributed by atoms with Gasteiger partial charge in [0.05, 0.1) is 6.67 Å². The van der Waals surface area contributed by atoms with Crippen molar-refractivity contribution in [1.29, 1.82) is 0 Å². The van der Waals surface area contributed by atoms with Crippen LogP contribution in [0.4, 0.5) is 4.39 Å². The van der Waals surface area contributed by atoms with Gasteiger partial charge in [0.15, 0.2) is 0 Å². The van der Waals surface area contributed by atoms with Gasteiger partial charge in [0, 0.05) is 5.92 Å². The van der Waals surface area contributed by atoms with Gasteiger partial charge in [0.25, 0.3) is 0 Å². The number of nitrogens with one attached hydrogen (secondary N) is 1. The van der Waals surface area contributed by atoms with Gasteiger partial charge in [0.1, 0.15) is 6.04 Å². The number of alkyl halides is 1. The Morgan fingerprint density at radius 2 is 2.30 bits per heavy atom. The van der Waals surface area contributed by atoms with E-state index in [2.05, 4.69) is 5.32 Å². The maximum absolute atomic E-state index is 11.9. The molecular weight excluding hydrogens is 137 g/mol. The van der Waals surface area contributed by atoms with Crippen LogP contribution in [0.5, 0.6) is 0 Å². The SMILES string of the molecule is CNC(C(=O)O)C(C)CF. The third-order valence-electron chi connectivity index (χ3n) is 1.39. The van der Waals surface area contributed by atoms with Gasteiger partial charge in [-0.15, -0.1) is 0 Å². The van der Waals surface area contributed by atoms with Crippen LogP contribution in [0, 0.1) is 5.92 Å². The predicted octanol–water partition coefficient (Wildman–Crippen LogP) is 0.265. The summed E-state index contributed by atoms with van der Waals surface area (Å²) in [5.74, 6) is -1.48. The molecule has 0 saturated heterocycles. The van der Waals surface area contributed by atoms with Crippen LogP contribution in [0.1, 0.15) is 6.92 Å². The van der Waals surface area contributed by atoms with E-state index in [1.165, 1.54) is 7.05 Å². The molecule has 0 amide bonds. The molecule has 60 valence electrons. The van der Waals surface area contributed by atoms with E-state index in [0.717, 1.165) is 0 Å². The smallest absolute Gasteiger partial charge is 0.321 e. The number of rotatable bonds is 4. The van der Waals surface area contributed by atoms with Crippen LogP contribution in [-0.2, 0) is 4.79 Å². The van der Waals surface area contributed by atoms with E-state index in [4.69, 9.17) is 5.11 Å². The minimum Gasteiger partial charge on any atom is -0.480 e. The molecule has 10 heavy (non-hydrogen) atoms. The maximum atomic E-state index is 11.9. The van der Waals surface area contributed by atoms with Crippen LogP contribution in [0.2, 0.25) is 0 Å². The molecule has 2 unspecified atom stereocenters. The fourth-order valence-corrected chi connectivity index (χ4v) is 0.740. The molecule has 0 saturated carbocycles. The van der Waals surface area contributed by atoms with Crippen molar-refractivity contribution >= 4 is 5.97 Å². The summed E-state index contributed by atoms with van der Waals surface area (Å²) in [5.41, 5.74) is 0. The molecule has 2 N–H and O–H groups in total. The van der Waals surface area contributed by atoms with Crippen molar-refractivity contribution < 1.29 is 14.3 Å². The second kappa shape index (κ2) is 4.22. The lowest BCUT2D eigenvalue weighted by molar-refractivity contribution is -0.140. The third kappa shape index (κ3) is 2.31. The third-order valence-corrected chi connectivity index (χ3v) is 1.39. The molecule has 0 aromatic carbocycles. The molecule has 0 heterocycles. The van der Waals surface area contributed by atoms with Crippen LogP contribution >= 0.6 is 0 Å². The molecule has 3 nitrogen and oxygen atoms in total. The molecule has 0 bridgehead atoms. The van der Waals surface area contributed by atoms with Crippen LogP contribution in [-0.4, -0.2) is 30.8 Å². The molecule has 0 aliphatic carbocycles. The number of carboxylic acid groups (broad SMARTS) is 1. The van der Waals surface area contributed by atoms with Gasteiger partial charge in [-0.25, -0.2) is 0 Å². The lowest BCUT2D eigenvalue weighted by atomic mass is 10.0. The van der Waals surface area contributed by atoms with Crippen molar-refractivity contribution in [2.45, 2.75) is 13.0 Å². The van der Waals surface area contributed by atoms with Gasteiger partial charge in [-0.1, -0.05) is 6.92 Å². The zero-order chi connectivity index (χ0) is 8.15. The fraction of sp³-hybridized carbons (Fsp3) is 0.833. The highest BCUT2D eigenvalue weighted by Gasteiger charge is 2.21. The molecule has 0 aliphatic heterocycles. The molecule has 0 spiro atoms. The highest BCUT2D eigenvalue weighted by atomic mass is 19.1. The van der Waals surface area contributed by atoms with Crippen molar-refractivity contribution in [1.82, 2.24) is 5.32 Å². The summed E-state index contributed by atoms with van der Waals surface area (Å²) in [4.78, 5) is 10.3. The first-order valence-corrected chi connectivity index (χ1v) is 3.09. The number of carbonyl (C=O) groups is 1. The van der Waals surface area contributed by atoms with E-state index >= 15 is 0 Å². The minimum absolute atomic E-state index is 0.470. The second-order valence-corrected chi connectivity index (χ2v) is 2.24. The Kier molecular flexibility index (Phi) is 3.95. The van der Waals surface area contributed by atoms with Crippen molar-refractivity contribution in [3.8, 4) is 0 Å². The summed E-state index contributed by atoms with van der Waals surface area (Å²) in [5, 5.41) is 11.0. The van der Waals surface area contributed by atoms with Gasteiger partial charge in [0.2, 0.25) is 0 Å². The summed E-state index contributed by atoms with van der Waals surface area (Å²) >= 11 is 0. The normalized spacial score (nSPS) is 16.3. The molecule has 0 aromatic rings. The number of hydrogen-bond acceptors (Lipinski definition) is 2. The van der Waals surface area contributed by atoms with Crippen molar-refractivity contribution in [3.05, 3.63) is 0 Å². The number of halogens is 1. The Balaban J connectivity index is 3.92. The van der Waals surface area contributed by atoms with E-state index in [0.29, 0.717) is 0 Å². The maximum Gasteiger partial charge on any atom is 0.321 e. The van der Waals surface area contributed by atoms with Gasteiger partial charge in [-0.05, 0) is 7.05 Å². The zero-order valence-corrected chi connectivity index (χ0v) is 6.10. The first kappa shape index (κ1) is 9.36. The molecule has 2 atom stereocenters. The number of carboxylic acids is 1. The monoisotopic (exact) mass is 149 g/mol. The number of likely N-dealkylation sites (N-methyl/N-ethyl adjacent to an activating group) is 1. The lowest BCUT2D eigenvalue weighted by Gasteiger charge is -2.15. The molecule has 0 rings (SSSR count). The molecule has 0 aliphatic rings. The lowest BCUT2D eigenvalue weighted by Crippen LogP contribution is -2.40. The zero-order valence-electron chi connectivity index (χ0n) is 6.10. The van der Waals surface area contributed by atoms with Crippen molar-refractivity contribution in [2.24, 2.45) is 5.92 Å². The van der Waals surface area contributed by atoms with Gasteiger partial charge < -0.3 is 10.4 Å². The summed E-state index contributed by atoms with van der Waals surface area (Å²) in [6, 6.07) is -0.773. The van der Waals surface area contributed by atoms with E-state index in [9.17, 15) is 9.18 Å². The molecule has 4 heteroatoms. The van der Waals surface area contributed by atoms with E-state index < -0.39 is 24.6 Å². The van der Waals surface area contributed by atoms with Crippen LogP contribution in [0.25, 0.3) is 0 Å². The Bertz CT molecular complexity index is 118. The summed E-state index contributed by atoms with van der Waals surface area (Å²) < 4.78 is 11.9. The molecule has 0 aromatic heterocycles. The highest BCUT2D eigenvalue weighted by molar-refractivity contribution is 5.73. The van der Waals surface area contributed by atoms with E-state index in [-0.39, 0.29) is 0 Å². The summed E-state index contributed by atoms with van der Waals surface area (Å²) in [6.07, 6.45) is 0. The van der Waals surface area contributed by atoms with Gasteiger partial charge >= 0.3 is 5.97 Å². The van der Waals surface area contributed by atoms with Crippen molar-refractivity contribution in [3.63, 3.8) is 0 Å². The van der Waals surface area contributed by atoms with Crippen LogP contribution in [0.15, 0.2) is 0 Å². The van der Waals surface area contributed by atoms with E-state index in [1.54, 1.807) is 6.92 Å². The van der Waals surface area contributed by atoms with Crippen LogP contribution in [0.3, 0.4) is 0 Å². The van der Waals surface area contributed by atoms with E-state index in [1.807, 2.05) is 0 Å². The first-order valence-electron chi connectivity index (χ1n) is 3.09. The number of hydrogen-bond donors (Lipinski definition) is 2. The minimum atomic E-state index is -1.01. The molecule has 0 fully saturated rings. The Hall–Kier alpha value is -0.640. The molecular formula is C6H12FNO2.